The molecule has 0 radical (unpaired) electrons. The molecule has 0 fully saturated rings. The summed E-state index contributed by atoms with van der Waals surface area (Å²) in [6.45, 7) is 2.26. The molecule has 12 heteroatoms. The Morgan fingerprint density at radius 2 is 1.59 bits per heavy atom. The number of halogens is 3. The zero-order chi connectivity index (χ0) is 23.2. The SMILES string of the molecule is Cc1ccnc(Nc2ccc(NCCNS(=O)(=O)Cc3ccc(C(F)(F)F)cc3)nn2)c1. The average molecular weight is 466 g/mol. The number of sulfonamides is 1. The Hall–Kier alpha value is -3.25. The number of aryl methyl sites for hydroxylation is 1. The van der Waals surface area contributed by atoms with E-state index in [2.05, 4.69) is 30.5 Å². The van der Waals surface area contributed by atoms with Gasteiger partial charge in [-0.05, 0) is 54.4 Å². The normalized spacial score (nSPS) is 11.9. The highest BCUT2D eigenvalue weighted by molar-refractivity contribution is 7.88. The van der Waals surface area contributed by atoms with E-state index in [4.69, 9.17) is 0 Å². The molecule has 0 bridgehead atoms. The van der Waals surface area contributed by atoms with Gasteiger partial charge in [0.1, 0.15) is 11.6 Å². The van der Waals surface area contributed by atoms with Crippen LogP contribution in [0, 0.1) is 6.92 Å². The molecule has 0 atom stereocenters. The van der Waals surface area contributed by atoms with Crippen LogP contribution >= 0.6 is 0 Å². The first kappa shape index (κ1) is 23.4. The van der Waals surface area contributed by atoms with Gasteiger partial charge in [-0.15, -0.1) is 10.2 Å². The number of nitrogens with zero attached hydrogens (tertiary/aromatic N) is 3. The van der Waals surface area contributed by atoms with Crippen LogP contribution in [0.4, 0.5) is 30.6 Å². The molecule has 0 aliphatic rings. The average Bonchev–Trinajstić information content (AvgIpc) is 2.72. The Labute approximate surface area is 183 Å². The third-order valence-electron chi connectivity index (χ3n) is 4.23. The number of alkyl halides is 3. The Morgan fingerprint density at radius 3 is 2.22 bits per heavy atom. The van der Waals surface area contributed by atoms with Gasteiger partial charge in [-0.25, -0.2) is 18.1 Å². The number of aromatic nitrogens is 3. The summed E-state index contributed by atoms with van der Waals surface area (Å²) in [5.74, 6) is 1.18. The van der Waals surface area contributed by atoms with Crippen molar-refractivity contribution in [1.29, 1.82) is 0 Å². The second-order valence-corrected chi connectivity index (χ2v) is 8.73. The van der Waals surface area contributed by atoms with Crippen LogP contribution in [0.3, 0.4) is 0 Å². The van der Waals surface area contributed by atoms with Crippen LogP contribution in [-0.2, 0) is 22.0 Å². The molecule has 0 amide bonds. The molecule has 0 spiro atoms. The molecular formula is C20H21F3N6O2S. The van der Waals surface area contributed by atoms with Gasteiger partial charge < -0.3 is 10.6 Å². The van der Waals surface area contributed by atoms with Gasteiger partial charge in [0.25, 0.3) is 0 Å². The molecule has 2 heterocycles. The summed E-state index contributed by atoms with van der Waals surface area (Å²) < 4.78 is 64.4. The van der Waals surface area contributed by atoms with Crippen molar-refractivity contribution in [2.24, 2.45) is 0 Å². The highest BCUT2D eigenvalue weighted by atomic mass is 32.2. The second kappa shape index (κ2) is 9.92. The van der Waals surface area contributed by atoms with Crippen LogP contribution in [0.5, 0.6) is 0 Å². The molecule has 0 saturated heterocycles. The van der Waals surface area contributed by atoms with E-state index >= 15 is 0 Å². The first-order valence-electron chi connectivity index (χ1n) is 9.51. The summed E-state index contributed by atoms with van der Waals surface area (Å²) in [6.07, 6.45) is -2.78. The topological polar surface area (TPSA) is 109 Å². The predicted octanol–water partition coefficient (Wildman–Crippen LogP) is 3.47. The van der Waals surface area contributed by atoms with Crippen LogP contribution in [0.25, 0.3) is 0 Å². The van der Waals surface area contributed by atoms with Gasteiger partial charge in [0.05, 0.1) is 11.3 Å². The molecule has 0 saturated carbocycles. The molecule has 0 aliphatic carbocycles. The quantitative estimate of drug-likeness (QED) is 0.414. The van der Waals surface area contributed by atoms with E-state index in [1.165, 1.54) is 0 Å². The number of benzene rings is 1. The molecule has 170 valence electrons. The van der Waals surface area contributed by atoms with E-state index in [0.29, 0.717) is 17.5 Å². The maximum atomic E-state index is 12.6. The van der Waals surface area contributed by atoms with Gasteiger partial charge in [-0.1, -0.05) is 12.1 Å². The van der Waals surface area contributed by atoms with Crippen molar-refractivity contribution in [3.8, 4) is 0 Å². The third kappa shape index (κ3) is 7.17. The molecule has 3 N–H and O–H groups in total. The van der Waals surface area contributed by atoms with Gasteiger partial charge in [-0.3, -0.25) is 0 Å². The van der Waals surface area contributed by atoms with Crippen molar-refractivity contribution in [3.05, 3.63) is 71.4 Å². The van der Waals surface area contributed by atoms with Crippen LogP contribution in [0.2, 0.25) is 0 Å². The summed E-state index contributed by atoms with van der Waals surface area (Å²) >= 11 is 0. The maximum Gasteiger partial charge on any atom is 0.416 e. The van der Waals surface area contributed by atoms with E-state index in [-0.39, 0.29) is 18.7 Å². The van der Waals surface area contributed by atoms with Gasteiger partial charge in [0, 0.05) is 19.3 Å². The number of hydrogen-bond acceptors (Lipinski definition) is 7. The highest BCUT2D eigenvalue weighted by Gasteiger charge is 2.30. The van der Waals surface area contributed by atoms with Crippen molar-refractivity contribution in [2.45, 2.75) is 18.9 Å². The van der Waals surface area contributed by atoms with Crippen molar-refractivity contribution in [2.75, 3.05) is 23.7 Å². The second-order valence-electron chi connectivity index (χ2n) is 6.92. The molecular weight excluding hydrogens is 445 g/mol. The summed E-state index contributed by atoms with van der Waals surface area (Å²) in [7, 11) is -3.71. The summed E-state index contributed by atoms with van der Waals surface area (Å²) in [6, 6.07) is 11.1. The van der Waals surface area contributed by atoms with Crippen molar-refractivity contribution < 1.29 is 21.6 Å². The van der Waals surface area contributed by atoms with E-state index in [0.717, 1.165) is 29.8 Å². The minimum Gasteiger partial charge on any atom is -0.367 e. The molecule has 3 rings (SSSR count). The van der Waals surface area contributed by atoms with Crippen LogP contribution < -0.4 is 15.4 Å². The first-order valence-corrected chi connectivity index (χ1v) is 11.2. The molecule has 2 aromatic heterocycles. The summed E-state index contributed by atoms with van der Waals surface area (Å²) in [5.41, 5.74) is 0.485. The summed E-state index contributed by atoms with van der Waals surface area (Å²) in [5, 5.41) is 14.0. The maximum absolute atomic E-state index is 12.6. The van der Waals surface area contributed by atoms with E-state index in [1.807, 2.05) is 19.1 Å². The van der Waals surface area contributed by atoms with Gasteiger partial charge >= 0.3 is 6.18 Å². The lowest BCUT2D eigenvalue weighted by atomic mass is 10.1. The van der Waals surface area contributed by atoms with Gasteiger partial charge in [0.15, 0.2) is 5.82 Å². The number of anilines is 3. The lowest BCUT2D eigenvalue weighted by Gasteiger charge is -2.10. The molecule has 0 aliphatic heterocycles. The van der Waals surface area contributed by atoms with Crippen LogP contribution in [0.15, 0.2) is 54.7 Å². The summed E-state index contributed by atoms with van der Waals surface area (Å²) in [4.78, 5) is 4.18. The minimum atomic E-state index is -4.46. The van der Waals surface area contributed by atoms with E-state index < -0.39 is 27.5 Å². The Bertz CT molecular complexity index is 1140. The van der Waals surface area contributed by atoms with Gasteiger partial charge in [-0.2, -0.15) is 13.2 Å². The molecule has 0 unspecified atom stereocenters. The fourth-order valence-electron chi connectivity index (χ4n) is 2.69. The number of pyridine rings is 1. The number of rotatable bonds is 9. The Balaban J connectivity index is 1.44. The van der Waals surface area contributed by atoms with Gasteiger partial charge in [0.2, 0.25) is 10.0 Å². The van der Waals surface area contributed by atoms with Crippen molar-refractivity contribution >= 4 is 27.5 Å². The molecule has 1 aromatic carbocycles. The fourth-order valence-corrected chi connectivity index (χ4v) is 3.83. The standard InChI is InChI=1S/C20H21F3N6O2S/c1-14-8-9-24-19(12-14)27-18-7-6-17(28-29-18)25-10-11-26-32(30,31)13-15-2-4-16(5-3-15)20(21,22)23/h2-9,12,26H,10-11,13H2,1H3,(H,25,28)(H,24,27,29). The lowest BCUT2D eigenvalue weighted by molar-refractivity contribution is -0.137. The Kier molecular flexibility index (Phi) is 7.26. The molecule has 8 nitrogen and oxygen atoms in total. The van der Waals surface area contributed by atoms with Crippen LogP contribution in [0.1, 0.15) is 16.7 Å². The molecule has 3 aromatic rings. The lowest BCUT2D eigenvalue weighted by Crippen LogP contribution is -2.30. The first-order chi connectivity index (χ1) is 15.1. The Morgan fingerprint density at radius 1 is 0.906 bits per heavy atom. The van der Waals surface area contributed by atoms with Crippen molar-refractivity contribution in [1.82, 2.24) is 19.9 Å². The smallest absolute Gasteiger partial charge is 0.367 e. The van der Waals surface area contributed by atoms with Crippen molar-refractivity contribution in [3.63, 3.8) is 0 Å². The van der Waals surface area contributed by atoms with E-state index in [9.17, 15) is 21.6 Å². The number of hydrogen-bond donors (Lipinski definition) is 3. The highest BCUT2D eigenvalue weighted by Crippen LogP contribution is 2.29. The van der Waals surface area contributed by atoms with E-state index in [1.54, 1.807) is 18.3 Å². The zero-order valence-electron chi connectivity index (χ0n) is 17.0. The van der Waals surface area contributed by atoms with Crippen LogP contribution in [-0.4, -0.2) is 36.7 Å². The fraction of sp³-hybridized carbons (Fsp3) is 0.250. The zero-order valence-corrected chi connectivity index (χ0v) is 17.8. The molecule has 32 heavy (non-hydrogen) atoms. The minimum absolute atomic E-state index is 0.0673. The predicted molar refractivity (Wildman–Crippen MR) is 115 cm³/mol. The third-order valence-corrected chi connectivity index (χ3v) is 5.58. The monoisotopic (exact) mass is 466 g/mol. The number of nitrogens with one attached hydrogen (secondary N) is 3. The largest absolute Gasteiger partial charge is 0.416 e.